The number of carbonyl (C=O) groups is 1. The van der Waals surface area contributed by atoms with E-state index in [1.165, 1.54) is 26.9 Å². The van der Waals surface area contributed by atoms with Crippen molar-refractivity contribution in [2.75, 3.05) is 21.3 Å². The zero-order chi connectivity index (χ0) is 16.7. The van der Waals surface area contributed by atoms with E-state index >= 15 is 0 Å². The molecular weight excluding hydrogens is 296 g/mol. The van der Waals surface area contributed by atoms with Gasteiger partial charge < -0.3 is 19.6 Å². The maximum atomic E-state index is 12.3. The van der Waals surface area contributed by atoms with Gasteiger partial charge in [-0.3, -0.25) is 10.2 Å². The van der Waals surface area contributed by atoms with Crippen LogP contribution >= 0.6 is 0 Å². The third-order valence-corrected chi connectivity index (χ3v) is 3.57. The van der Waals surface area contributed by atoms with E-state index in [1.807, 2.05) is 6.20 Å². The van der Waals surface area contributed by atoms with Crippen LogP contribution in [0.4, 0.5) is 0 Å². The zero-order valence-electron chi connectivity index (χ0n) is 13.6. The van der Waals surface area contributed by atoms with E-state index in [4.69, 9.17) is 14.2 Å². The molecule has 0 unspecified atom stereocenters. The fraction of sp³-hybridized carbons (Fsp3) is 0.353. The zero-order valence-corrected chi connectivity index (χ0v) is 13.6. The van der Waals surface area contributed by atoms with Gasteiger partial charge in [0.1, 0.15) is 0 Å². The Morgan fingerprint density at radius 2 is 1.78 bits per heavy atom. The molecule has 1 aromatic rings. The number of nitrogens with one attached hydrogen (secondary N) is 2. The maximum absolute atomic E-state index is 12.3. The number of hydrogen-bond acceptors (Lipinski definition) is 5. The first-order valence-corrected chi connectivity index (χ1v) is 7.38. The first-order chi connectivity index (χ1) is 11.2. The van der Waals surface area contributed by atoms with Crippen LogP contribution in [0.15, 0.2) is 36.1 Å². The highest BCUT2D eigenvalue weighted by atomic mass is 16.5. The number of carbonyl (C=O) groups excluding carboxylic acids is 1. The Balaban J connectivity index is 2.08. The molecular formula is C17H22N2O4. The second-order valence-corrected chi connectivity index (χ2v) is 5.03. The van der Waals surface area contributed by atoms with E-state index in [9.17, 15) is 4.79 Å². The van der Waals surface area contributed by atoms with Crippen LogP contribution in [0.3, 0.4) is 0 Å². The molecule has 6 heteroatoms. The molecule has 1 aliphatic rings. The summed E-state index contributed by atoms with van der Waals surface area (Å²) >= 11 is 0. The fourth-order valence-corrected chi connectivity index (χ4v) is 2.34. The molecule has 6 nitrogen and oxygen atoms in total. The fourth-order valence-electron chi connectivity index (χ4n) is 2.34. The molecule has 0 heterocycles. The van der Waals surface area contributed by atoms with Crippen LogP contribution in [0.1, 0.15) is 29.6 Å². The summed E-state index contributed by atoms with van der Waals surface area (Å²) in [5, 5.41) is 0. The summed E-state index contributed by atoms with van der Waals surface area (Å²) in [5.41, 5.74) is 7.15. The Morgan fingerprint density at radius 3 is 2.30 bits per heavy atom. The molecule has 0 spiro atoms. The van der Waals surface area contributed by atoms with Gasteiger partial charge in [0, 0.05) is 11.8 Å². The molecule has 0 saturated heterocycles. The molecule has 0 aromatic heterocycles. The highest BCUT2D eigenvalue weighted by Gasteiger charge is 2.16. The van der Waals surface area contributed by atoms with Crippen LogP contribution < -0.4 is 25.1 Å². The lowest BCUT2D eigenvalue weighted by molar-refractivity contribution is 0.0940. The minimum Gasteiger partial charge on any atom is -0.493 e. The van der Waals surface area contributed by atoms with Gasteiger partial charge >= 0.3 is 0 Å². The molecule has 1 aliphatic carbocycles. The van der Waals surface area contributed by atoms with Crippen molar-refractivity contribution >= 4 is 5.91 Å². The van der Waals surface area contributed by atoms with Gasteiger partial charge in [0.2, 0.25) is 5.75 Å². The minimum atomic E-state index is -0.285. The average molecular weight is 318 g/mol. The van der Waals surface area contributed by atoms with Crippen molar-refractivity contribution in [1.82, 2.24) is 10.9 Å². The maximum Gasteiger partial charge on any atom is 0.269 e. The summed E-state index contributed by atoms with van der Waals surface area (Å²) in [6.45, 7) is 0. The van der Waals surface area contributed by atoms with Crippen LogP contribution in [0, 0.1) is 0 Å². The van der Waals surface area contributed by atoms with Crippen LogP contribution in [0.5, 0.6) is 17.2 Å². The molecule has 2 rings (SSSR count). The number of hydrazine groups is 1. The van der Waals surface area contributed by atoms with E-state index in [0.29, 0.717) is 22.8 Å². The lowest BCUT2D eigenvalue weighted by atomic mass is 10.0. The number of allylic oxidation sites excluding steroid dienone is 3. The molecule has 1 aromatic carbocycles. The van der Waals surface area contributed by atoms with Crippen molar-refractivity contribution in [3.63, 3.8) is 0 Å². The van der Waals surface area contributed by atoms with Crippen LogP contribution in [-0.2, 0) is 0 Å². The van der Waals surface area contributed by atoms with Crippen molar-refractivity contribution < 1.29 is 19.0 Å². The highest BCUT2D eigenvalue weighted by molar-refractivity contribution is 5.95. The standard InChI is InChI=1S/C17H22N2O4/c1-21-14-9-13(10-15(22-2)16(14)23-3)17(20)19-18-11-12-7-5-4-6-8-12/h4-5,9-11,18H,6-8H2,1-3H3,(H,19,20)/b12-11+. The van der Waals surface area contributed by atoms with E-state index in [-0.39, 0.29) is 5.91 Å². The smallest absolute Gasteiger partial charge is 0.269 e. The predicted octanol–water partition coefficient (Wildman–Crippen LogP) is 2.57. The van der Waals surface area contributed by atoms with E-state index in [1.54, 1.807) is 12.1 Å². The van der Waals surface area contributed by atoms with Gasteiger partial charge in [0.05, 0.1) is 21.3 Å². The van der Waals surface area contributed by atoms with Crippen molar-refractivity contribution in [2.24, 2.45) is 0 Å². The SMILES string of the molecule is COc1cc(C(=O)NN/C=C2\CC=CCC2)cc(OC)c1OC. The van der Waals surface area contributed by atoms with Crippen molar-refractivity contribution in [2.45, 2.75) is 19.3 Å². The van der Waals surface area contributed by atoms with Gasteiger partial charge in [-0.1, -0.05) is 12.2 Å². The lowest BCUT2D eigenvalue weighted by Crippen LogP contribution is -2.34. The van der Waals surface area contributed by atoms with Crippen molar-refractivity contribution in [3.8, 4) is 17.2 Å². The normalized spacial score (nSPS) is 15.2. The lowest BCUT2D eigenvalue weighted by Gasteiger charge is -2.14. The second-order valence-electron chi connectivity index (χ2n) is 5.03. The number of benzene rings is 1. The molecule has 0 bridgehead atoms. The van der Waals surface area contributed by atoms with Crippen LogP contribution in [0.2, 0.25) is 0 Å². The third-order valence-electron chi connectivity index (χ3n) is 3.57. The van der Waals surface area contributed by atoms with Crippen molar-refractivity contribution in [3.05, 3.63) is 41.6 Å². The molecule has 23 heavy (non-hydrogen) atoms. The van der Waals surface area contributed by atoms with Crippen molar-refractivity contribution in [1.29, 1.82) is 0 Å². The number of ether oxygens (including phenoxy) is 3. The summed E-state index contributed by atoms with van der Waals surface area (Å²) in [6.07, 6.45) is 9.06. The van der Waals surface area contributed by atoms with Gasteiger partial charge in [0.25, 0.3) is 5.91 Å². The quantitative estimate of drug-likeness (QED) is 0.623. The summed E-state index contributed by atoms with van der Waals surface area (Å²) < 4.78 is 15.7. The van der Waals surface area contributed by atoms with E-state index < -0.39 is 0 Å². The largest absolute Gasteiger partial charge is 0.493 e. The molecule has 0 fully saturated rings. The highest BCUT2D eigenvalue weighted by Crippen LogP contribution is 2.38. The molecule has 0 saturated carbocycles. The van der Waals surface area contributed by atoms with Crippen LogP contribution in [0.25, 0.3) is 0 Å². The second kappa shape index (κ2) is 8.12. The Kier molecular flexibility index (Phi) is 5.91. The number of hydrogen-bond donors (Lipinski definition) is 2. The Hall–Kier alpha value is -2.63. The Bertz CT molecular complexity index is 598. The predicted molar refractivity (Wildman–Crippen MR) is 87.8 cm³/mol. The summed E-state index contributed by atoms with van der Waals surface area (Å²) in [4.78, 5) is 12.3. The number of methoxy groups -OCH3 is 3. The Morgan fingerprint density at radius 1 is 1.09 bits per heavy atom. The topological polar surface area (TPSA) is 68.8 Å². The molecule has 0 aliphatic heterocycles. The molecule has 0 radical (unpaired) electrons. The van der Waals surface area contributed by atoms with Gasteiger partial charge in [-0.05, 0) is 37.0 Å². The van der Waals surface area contributed by atoms with Crippen LogP contribution in [-0.4, -0.2) is 27.2 Å². The van der Waals surface area contributed by atoms with Gasteiger partial charge in [-0.2, -0.15) is 0 Å². The summed E-state index contributed by atoms with van der Waals surface area (Å²) in [5.74, 6) is 1.05. The Labute approximate surface area is 136 Å². The van der Waals surface area contributed by atoms with Gasteiger partial charge in [-0.25, -0.2) is 0 Å². The van der Waals surface area contributed by atoms with Gasteiger partial charge in [-0.15, -0.1) is 0 Å². The molecule has 1 amide bonds. The molecule has 0 atom stereocenters. The third kappa shape index (κ3) is 4.18. The average Bonchev–Trinajstić information content (AvgIpc) is 2.61. The molecule has 2 N–H and O–H groups in total. The molecule has 124 valence electrons. The van der Waals surface area contributed by atoms with E-state index in [2.05, 4.69) is 23.0 Å². The van der Waals surface area contributed by atoms with Gasteiger partial charge in [0.15, 0.2) is 11.5 Å². The monoisotopic (exact) mass is 318 g/mol. The first-order valence-electron chi connectivity index (χ1n) is 7.38. The summed E-state index contributed by atoms with van der Waals surface area (Å²) in [7, 11) is 4.54. The number of amides is 1. The minimum absolute atomic E-state index is 0.285. The first kappa shape index (κ1) is 16.7. The van der Waals surface area contributed by atoms with E-state index in [0.717, 1.165) is 19.3 Å². The number of rotatable bonds is 6. The summed E-state index contributed by atoms with van der Waals surface area (Å²) in [6, 6.07) is 3.21.